The standard InChI is InChI=1S/C12H21N3S/c1-4-5-14-6-8-15(9-7-14)11-13-10-12(2,3)16-11/h4H,1,5-10H2,2-3H3. The van der Waals surface area contributed by atoms with E-state index in [1.54, 1.807) is 0 Å². The highest BCUT2D eigenvalue weighted by Crippen LogP contribution is 2.33. The number of hydrogen-bond acceptors (Lipinski definition) is 4. The fourth-order valence-corrected chi connectivity index (χ4v) is 3.10. The number of amidine groups is 1. The average Bonchev–Trinajstić information content (AvgIpc) is 2.61. The van der Waals surface area contributed by atoms with E-state index in [2.05, 4.69) is 35.2 Å². The van der Waals surface area contributed by atoms with E-state index in [1.807, 2.05) is 17.8 Å². The first-order chi connectivity index (χ1) is 7.61. The van der Waals surface area contributed by atoms with Gasteiger partial charge in [-0.1, -0.05) is 17.8 Å². The van der Waals surface area contributed by atoms with Gasteiger partial charge in [-0.15, -0.1) is 6.58 Å². The van der Waals surface area contributed by atoms with Gasteiger partial charge in [0.25, 0.3) is 0 Å². The summed E-state index contributed by atoms with van der Waals surface area (Å²) in [5, 5.41) is 1.25. The van der Waals surface area contributed by atoms with Gasteiger partial charge < -0.3 is 4.90 Å². The SMILES string of the molecule is C=CCN1CCN(C2=NCC(C)(C)S2)CC1. The Morgan fingerprint density at radius 2 is 2.06 bits per heavy atom. The van der Waals surface area contributed by atoms with Gasteiger partial charge in [0.2, 0.25) is 0 Å². The van der Waals surface area contributed by atoms with Crippen molar-refractivity contribution < 1.29 is 0 Å². The first-order valence-corrected chi connectivity index (χ1v) is 6.74. The molecule has 0 unspecified atom stereocenters. The minimum absolute atomic E-state index is 0.299. The maximum Gasteiger partial charge on any atom is 0.159 e. The lowest BCUT2D eigenvalue weighted by Gasteiger charge is -2.35. The number of piperazine rings is 1. The van der Waals surface area contributed by atoms with E-state index in [-0.39, 0.29) is 0 Å². The lowest BCUT2D eigenvalue weighted by molar-refractivity contribution is 0.200. The van der Waals surface area contributed by atoms with E-state index >= 15 is 0 Å². The van der Waals surface area contributed by atoms with E-state index in [9.17, 15) is 0 Å². The molecular formula is C12H21N3S. The van der Waals surface area contributed by atoms with Crippen LogP contribution < -0.4 is 0 Å². The van der Waals surface area contributed by atoms with Crippen LogP contribution in [0.25, 0.3) is 0 Å². The zero-order chi connectivity index (χ0) is 11.6. The van der Waals surface area contributed by atoms with Gasteiger partial charge in [0.1, 0.15) is 0 Å². The van der Waals surface area contributed by atoms with Gasteiger partial charge >= 0.3 is 0 Å². The Morgan fingerprint density at radius 3 is 2.56 bits per heavy atom. The molecule has 0 amide bonds. The molecule has 0 aromatic rings. The van der Waals surface area contributed by atoms with Gasteiger partial charge in [-0.05, 0) is 13.8 Å². The third-order valence-corrected chi connectivity index (χ3v) is 4.24. The van der Waals surface area contributed by atoms with Crippen molar-refractivity contribution in [1.82, 2.24) is 9.80 Å². The quantitative estimate of drug-likeness (QED) is 0.683. The number of thioether (sulfide) groups is 1. The molecule has 2 heterocycles. The largest absolute Gasteiger partial charge is 0.349 e. The predicted octanol–water partition coefficient (Wildman–Crippen LogP) is 1.67. The summed E-state index contributed by atoms with van der Waals surface area (Å²) in [4.78, 5) is 9.52. The summed E-state index contributed by atoms with van der Waals surface area (Å²) < 4.78 is 0.299. The normalized spacial score (nSPS) is 25.6. The van der Waals surface area contributed by atoms with Crippen LogP contribution in [0.15, 0.2) is 17.6 Å². The van der Waals surface area contributed by atoms with Gasteiger partial charge in [-0.3, -0.25) is 9.89 Å². The molecule has 0 radical (unpaired) electrons. The highest BCUT2D eigenvalue weighted by Gasteiger charge is 2.31. The molecule has 2 aliphatic rings. The van der Waals surface area contributed by atoms with E-state index in [0.717, 1.165) is 39.3 Å². The highest BCUT2D eigenvalue weighted by molar-refractivity contribution is 8.15. The maximum atomic E-state index is 4.65. The summed E-state index contributed by atoms with van der Waals surface area (Å²) in [6, 6.07) is 0. The number of aliphatic imine (C=N–C) groups is 1. The van der Waals surface area contributed by atoms with Gasteiger partial charge in [0.05, 0.1) is 6.54 Å². The van der Waals surface area contributed by atoms with Crippen LogP contribution in [0.5, 0.6) is 0 Å². The minimum atomic E-state index is 0.299. The molecule has 16 heavy (non-hydrogen) atoms. The van der Waals surface area contributed by atoms with Crippen LogP contribution in [0, 0.1) is 0 Å². The second-order valence-electron chi connectivity index (χ2n) is 5.04. The zero-order valence-corrected chi connectivity index (χ0v) is 11.1. The van der Waals surface area contributed by atoms with Crippen LogP contribution in [-0.4, -0.2) is 59.0 Å². The van der Waals surface area contributed by atoms with Crippen molar-refractivity contribution in [3.05, 3.63) is 12.7 Å². The first-order valence-electron chi connectivity index (χ1n) is 5.92. The van der Waals surface area contributed by atoms with Crippen molar-refractivity contribution in [2.45, 2.75) is 18.6 Å². The molecule has 0 atom stereocenters. The summed E-state index contributed by atoms with van der Waals surface area (Å²) in [5.74, 6) is 0. The lowest BCUT2D eigenvalue weighted by atomic mass is 10.2. The molecule has 0 aromatic carbocycles. The van der Waals surface area contributed by atoms with E-state index in [0.29, 0.717) is 4.75 Å². The molecule has 2 aliphatic heterocycles. The van der Waals surface area contributed by atoms with Crippen LogP contribution in [0.1, 0.15) is 13.8 Å². The summed E-state index contributed by atoms with van der Waals surface area (Å²) in [7, 11) is 0. The predicted molar refractivity (Wildman–Crippen MR) is 72.2 cm³/mol. The summed E-state index contributed by atoms with van der Waals surface area (Å²) >= 11 is 1.93. The third kappa shape index (κ3) is 2.80. The van der Waals surface area contributed by atoms with E-state index < -0.39 is 0 Å². The number of hydrogen-bond donors (Lipinski definition) is 0. The Bertz CT molecular complexity index is 291. The minimum Gasteiger partial charge on any atom is -0.349 e. The van der Waals surface area contributed by atoms with E-state index in [4.69, 9.17) is 0 Å². The second kappa shape index (κ2) is 4.80. The maximum absolute atomic E-state index is 4.65. The number of rotatable bonds is 2. The Morgan fingerprint density at radius 1 is 1.38 bits per heavy atom. The Kier molecular flexibility index (Phi) is 3.60. The second-order valence-corrected chi connectivity index (χ2v) is 6.71. The summed E-state index contributed by atoms with van der Waals surface area (Å²) in [5.41, 5.74) is 0. The van der Waals surface area contributed by atoms with Crippen molar-refractivity contribution in [3.63, 3.8) is 0 Å². The van der Waals surface area contributed by atoms with Crippen LogP contribution in [-0.2, 0) is 0 Å². The van der Waals surface area contributed by atoms with Crippen LogP contribution in [0.3, 0.4) is 0 Å². The van der Waals surface area contributed by atoms with Gasteiger partial charge in [-0.25, -0.2) is 0 Å². The van der Waals surface area contributed by atoms with Crippen molar-refractivity contribution in [1.29, 1.82) is 0 Å². The Hall–Kier alpha value is -0.480. The van der Waals surface area contributed by atoms with Crippen molar-refractivity contribution in [2.24, 2.45) is 4.99 Å². The molecule has 0 spiro atoms. The molecule has 4 heteroatoms. The van der Waals surface area contributed by atoms with Crippen molar-refractivity contribution in [2.75, 3.05) is 39.3 Å². The number of nitrogens with zero attached hydrogens (tertiary/aromatic N) is 3. The monoisotopic (exact) mass is 239 g/mol. The zero-order valence-electron chi connectivity index (χ0n) is 10.3. The molecule has 0 aliphatic carbocycles. The smallest absolute Gasteiger partial charge is 0.159 e. The fraction of sp³-hybridized carbons (Fsp3) is 0.750. The summed E-state index contributed by atoms with van der Waals surface area (Å²) in [6.07, 6.45) is 1.99. The molecule has 3 nitrogen and oxygen atoms in total. The lowest BCUT2D eigenvalue weighted by Crippen LogP contribution is -2.47. The Balaban J connectivity index is 1.84. The van der Waals surface area contributed by atoms with Gasteiger partial charge in [-0.2, -0.15) is 0 Å². The highest BCUT2D eigenvalue weighted by atomic mass is 32.2. The topological polar surface area (TPSA) is 18.8 Å². The Labute approximate surface area is 103 Å². The molecule has 0 saturated carbocycles. The fourth-order valence-electron chi connectivity index (χ4n) is 2.04. The van der Waals surface area contributed by atoms with E-state index in [1.165, 1.54) is 5.17 Å². The van der Waals surface area contributed by atoms with Gasteiger partial charge in [0, 0.05) is 37.5 Å². The molecule has 0 N–H and O–H groups in total. The van der Waals surface area contributed by atoms with Gasteiger partial charge in [0.15, 0.2) is 5.17 Å². The van der Waals surface area contributed by atoms with Crippen LogP contribution >= 0.6 is 11.8 Å². The molecular weight excluding hydrogens is 218 g/mol. The van der Waals surface area contributed by atoms with Crippen molar-refractivity contribution >= 4 is 16.9 Å². The molecule has 2 rings (SSSR count). The molecule has 0 bridgehead atoms. The molecule has 1 saturated heterocycles. The molecule has 90 valence electrons. The van der Waals surface area contributed by atoms with Crippen LogP contribution in [0.2, 0.25) is 0 Å². The van der Waals surface area contributed by atoms with Crippen molar-refractivity contribution in [3.8, 4) is 0 Å². The third-order valence-electron chi connectivity index (χ3n) is 2.99. The summed E-state index contributed by atoms with van der Waals surface area (Å²) in [6.45, 7) is 14.8. The van der Waals surface area contributed by atoms with Crippen LogP contribution in [0.4, 0.5) is 0 Å². The molecule has 0 aromatic heterocycles. The first kappa shape index (κ1) is 12.0. The molecule has 1 fully saturated rings. The average molecular weight is 239 g/mol.